The minimum absolute atomic E-state index is 0.00393. The minimum Gasteiger partial charge on any atom is -0.331 e. The Hall–Kier alpha value is -2.18. The maximum absolute atomic E-state index is 13.1. The standard InChI is InChI=1S/C18H17ClFN3OS/c1-10-2-4-11(5-3-10)13-9-14(13)17(24)22-23-18(25)21-12-6-7-16(20)15(19)8-12/h2-8,13-14H,9H2,1H3,(H,22,24)(H2,21,23,25)/t13-,14-/m1/s1. The van der Waals surface area contributed by atoms with Gasteiger partial charge in [-0.15, -0.1) is 0 Å². The summed E-state index contributed by atoms with van der Waals surface area (Å²) in [7, 11) is 0. The molecule has 25 heavy (non-hydrogen) atoms. The van der Waals surface area contributed by atoms with E-state index in [0.29, 0.717) is 5.69 Å². The van der Waals surface area contributed by atoms with Crippen LogP contribution in [0.3, 0.4) is 0 Å². The molecule has 0 heterocycles. The summed E-state index contributed by atoms with van der Waals surface area (Å²) in [6.45, 7) is 2.03. The molecule has 7 heteroatoms. The highest BCUT2D eigenvalue weighted by Gasteiger charge is 2.43. The van der Waals surface area contributed by atoms with Gasteiger partial charge in [0.15, 0.2) is 5.11 Å². The monoisotopic (exact) mass is 377 g/mol. The van der Waals surface area contributed by atoms with E-state index < -0.39 is 5.82 Å². The van der Waals surface area contributed by atoms with Crippen LogP contribution in [0.2, 0.25) is 5.02 Å². The predicted octanol–water partition coefficient (Wildman–Crippen LogP) is 3.91. The van der Waals surface area contributed by atoms with E-state index in [1.807, 2.05) is 19.1 Å². The van der Waals surface area contributed by atoms with Crippen molar-refractivity contribution in [1.82, 2.24) is 10.9 Å². The quantitative estimate of drug-likeness (QED) is 0.560. The SMILES string of the molecule is Cc1ccc([C@H]2C[C@H]2C(=O)NNC(=S)Nc2ccc(F)c(Cl)c2)cc1. The zero-order valence-corrected chi connectivity index (χ0v) is 15.0. The van der Waals surface area contributed by atoms with Crippen LogP contribution in [0.1, 0.15) is 23.5 Å². The molecule has 0 saturated heterocycles. The Morgan fingerprint density at radius 2 is 1.92 bits per heavy atom. The first-order chi connectivity index (χ1) is 11.9. The highest BCUT2D eigenvalue weighted by Crippen LogP contribution is 2.47. The molecule has 3 N–H and O–H groups in total. The zero-order chi connectivity index (χ0) is 18.0. The van der Waals surface area contributed by atoms with Gasteiger partial charge < -0.3 is 5.32 Å². The maximum Gasteiger partial charge on any atom is 0.242 e. The second-order valence-corrected chi connectivity index (χ2v) is 6.87. The van der Waals surface area contributed by atoms with E-state index in [-0.39, 0.29) is 27.9 Å². The van der Waals surface area contributed by atoms with Gasteiger partial charge in [0, 0.05) is 11.6 Å². The molecule has 0 bridgehead atoms. The number of thiocarbonyl (C=S) groups is 1. The number of hydrogen-bond donors (Lipinski definition) is 3. The average Bonchev–Trinajstić information content (AvgIpc) is 3.37. The van der Waals surface area contributed by atoms with Gasteiger partial charge in [-0.1, -0.05) is 41.4 Å². The average molecular weight is 378 g/mol. The van der Waals surface area contributed by atoms with Gasteiger partial charge in [0.05, 0.1) is 5.02 Å². The van der Waals surface area contributed by atoms with Crippen LogP contribution in [0.15, 0.2) is 42.5 Å². The van der Waals surface area contributed by atoms with Crippen molar-refractivity contribution in [2.24, 2.45) is 5.92 Å². The number of halogens is 2. The summed E-state index contributed by atoms with van der Waals surface area (Å²) in [5.74, 6) is -0.416. The number of anilines is 1. The topological polar surface area (TPSA) is 53.2 Å². The zero-order valence-electron chi connectivity index (χ0n) is 13.5. The molecule has 4 nitrogen and oxygen atoms in total. The largest absolute Gasteiger partial charge is 0.331 e. The van der Waals surface area contributed by atoms with Crippen LogP contribution in [0.4, 0.5) is 10.1 Å². The molecule has 130 valence electrons. The van der Waals surface area contributed by atoms with Crippen LogP contribution in [0.5, 0.6) is 0 Å². The third kappa shape index (κ3) is 4.46. The van der Waals surface area contributed by atoms with E-state index in [9.17, 15) is 9.18 Å². The Morgan fingerprint density at radius 1 is 1.20 bits per heavy atom. The molecular formula is C18H17ClFN3OS. The number of nitrogens with one attached hydrogen (secondary N) is 3. The number of hydrogen-bond acceptors (Lipinski definition) is 2. The van der Waals surface area contributed by atoms with Crippen LogP contribution < -0.4 is 16.2 Å². The molecule has 0 spiro atoms. The Kier molecular flexibility index (Phi) is 5.20. The second-order valence-electron chi connectivity index (χ2n) is 6.06. The Balaban J connectivity index is 1.47. The number of carbonyl (C=O) groups is 1. The summed E-state index contributed by atoms with van der Waals surface area (Å²) >= 11 is 10.8. The molecule has 2 atom stereocenters. The second kappa shape index (κ2) is 7.37. The van der Waals surface area contributed by atoms with E-state index in [0.717, 1.165) is 6.42 Å². The van der Waals surface area contributed by atoms with Crippen LogP contribution in [-0.2, 0) is 4.79 Å². The van der Waals surface area contributed by atoms with Crippen molar-refractivity contribution in [3.05, 3.63) is 64.4 Å². The first-order valence-electron chi connectivity index (χ1n) is 7.82. The lowest BCUT2D eigenvalue weighted by molar-refractivity contribution is -0.122. The summed E-state index contributed by atoms with van der Waals surface area (Å²) in [4.78, 5) is 12.2. The molecule has 2 aromatic rings. The van der Waals surface area contributed by atoms with Crippen molar-refractivity contribution in [1.29, 1.82) is 0 Å². The van der Waals surface area contributed by atoms with Gasteiger partial charge in [-0.2, -0.15) is 0 Å². The number of carbonyl (C=O) groups excluding carboxylic acids is 1. The van der Waals surface area contributed by atoms with Crippen molar-refractivity contribution in [2.75, 3.05) is 5.32 Å². The van der Waals surface area contributed by atoms with Gasteiger partial charge in [-0.3, -0.25) is 15.6 Å². The molecule has 1 amide bonds. The van der Waals surface area contributed by atoms with Crippen molar-refractivity contribution in [3.63, 3.8) is 0 Å². The number of hydrazine groups is 1. The van der Waals surface area contributed by atoms with Gasteiger partial charge in [0.2, 0.25) is 5.91 Å². The Morgan fingerprint density at radius 3 is 2.60 bits per heavy atom. The van der Waals surface area contributed by atoms with Crippen LogP contribution in [0.25, 0.3) is 0 Å². The van der Waals surface area contributed by atoms with E-state index >= 15 is 0 Å². The fraction of sp³-hybridized carbons (Fsp3) is 0.222. The molecule has 0 aliphatic heterocycles. The molecule has 3 rings (SSSR count). The molecule has 1 aliphatic carbocycles. The first-order valence-corrected chi connectivity index (χ1v) is 8.61. The number of aryl methyl sites for hydroxylation is 1. The van der Waals surface area contributed by atoms with Gasteiger partial charge >= 0.3 is 0 Å². The molecule has 2 aromatic carbocycles. The highest BCUT2D eigenvalue weighted by atomic mass is 35.5. The van der Waals surface area contributed by atoms with Crippen LogP contribution >= 0.6 is 23.8 Å². The predicted molar refractivity (Wildman–Crippen MR) is 101 cm³/mol. The van der Waals surface area contributed by atoms with Crippen LogP contribution in [0, 0.1) is 18.7 Å². The smallest absolute Gasteiger partial charge is 0.242 e. The highest BCUT2D eigenvalue weighted by molar-refractivity contribution is 7.80. The normalized spacial score (nSPS) is 18.4. The summed E-state index contributed by atoms with van der Waals surface area (Å²) in [5, 5.41) is 3.02. The third-order valence-electron chi connectivity index (χ3n) is 4.11. The van der Waals surface area contributed by atoms with E-state index in [4.69, 9.17) is 23.8 Å². The van der Waals surface area contributed by atoms with E-state index in [1.165, 1.54) is 29.3 Å². The Bertz CT molecular complexity index is 812. The first kappa shape index (κ1) is 17.6. The summed E-state index contributed by atoms with van der Waals surface area (Å²) in [6.07, 6.45) is 0.824. The summed E-state index contributed by atoms with van der Waals surface area (Å²) in [5.41, 5.74) is 8.16. The van der Waals surface area contributed by atoms with Crippen molar-refractivity contribution in [2.45, 2.75) is 19.3 Å². The molecule has 1 saturated carbocycles. The van der Waals surface area contributed by atoms with E-state index in [1.54, 1.807) is 0 Å². The number of rotatable bonds is 3. The lowest BCUT2D eigenvalue weighted by Gasteiger charge is -2.12. The van der Waals surface area contributed by atoms with Crippen molar-refractivity contribution >= 4 is 40.5 Å². The van der Waals surface area contributed by atoms with Gasteiger partial charge in [-0.05, 0) is 55.2 Å². The number of benzene rings is 2. The molecular weight excluding hydrogens is 361 g/mol. The fourth-order valence-electron chi connectivity index (χ4n) is 2.61. The molecule has 1 aliphatic rings. The van der Waals surface area contributed by atoms with Gasteiger partial charge in [0.25, 0.3) is 0 Å². The van der Waals surface area contributed by atoms with Crippen molar-refractivity contribution < 1.29 is 9.18 Å². The summed E-state index contributed by atoms with van der Waals surface area (Å²) < 4.78 is 13.1. The maximum atomic E-state index is 13.1. The molecule has 0 aromatic heterocycles. The van der Waals surface area contributed by atoms with Crippen LogP contribution in [-0.4, -0.2) is 11.0 Å². The molecule has 0 radical (unpaired) electrons. The molecule has 0 unspecified atom stereocenters. The fourth-order valence-corrected chi connectivity index (χ4v) is 2.96. The lowest BCUT2D eigenvalue weighted by Crippen LogP contribution is -2.44. The molecule has 1 fully saturated rings. The van der Waals surface area contributed by atoms with Gasteiger partial charge in [-0.25, -0.2) is 4.39 Å². The van der Waals surface area contributed by atoms with E-state index in [2.05, 4.69) is 28.3 Å². The number of amides is 1. The minimum atomic E-state index is -0.504. The third-order valence-corrected chi connectivity index (χ3v) is 4.60. The Labute approximate surface area is 155 Å². The van der Waals surface area contributed by atoms with Crippen molar-refractivity contribution in [3.8, 4) is 0 Å². The lowest BCUT2D eigenvalue weighted by atomic mass is 10.1. The summed E-state index contributed by atoms with van der Waals surface area (Å²) in [6, 6.07) is 12.4. The van der Waals surface area contributed by atoms with Gasteiger partial charge in [0.1, 0.15) is 5.82 Å².